The lowest BCUT2D eigenvalue weighted by Gasteiger charge is -2.34. The molecule has 0 amide bonds. The highest BCUT2D eigenvalue weighted by atomic mass is 15.3. The van der Waals surface area contributed by atoms with Crippen LogP contribution in [0.25, 0.3) is 11.1 Å². The molecule has 41 heavy (non-hydrogen) atoms. The average Bonchev–Trinajstić information content (AvgIpc) is 3.25. The molecule has 0 radical (unpaired) electrons. The summed E-state index contributed by atoms with van der Waals surface area (Å²) < 4.78 is 2.09. The zero-order chi connectivity index (χ0) is 29.4. The van der Waals surface area contributed by atoms with Crippen LogP contribution in [0.4, 0.5) is 0 Å². The SMILES string of the molecule is CC[N+](C)(C)CCc1ccc(C2(c3ccc(CC[N+](C)(C)CC)cc3)c3cc(C)ccc3-c3ccc(C)cc32)cc1. The first-order valence-corrected chi connectivity index (χ1v) is 15.5. The molecule has 1 aliphatic carbocycles. The van der Waals surface area contributed by atoms with Gasteiger partial charge in [-0.25, -0.2) is 0 Å². The highest BCUT2D eigenvalue weighted by Gasteiger charge is 2.46. The van der Waals surface area contributed by atoms with Crippen LogP contribution >= 0.6 is 0 Å². The molecule has 2 heteroatoms. The molecule has 0 fully saturated rings. The minimum Gasteiger partial charge on any atom is -0.328 e. The van der Waals surface area contributed by atoms with Crippen molar-refractivity contribution in [2.24, 2.45) is 0 Å². The number of likely N-dealkylation sites (N-methyl/N-ethyl adjacent to an activating group) is 2. The summed E-state index contributed by atoms with van der Waals surface area (Å²) in [5.74, 6) is 0. The molecular formula is C39H50N2+2. The number of quaternary nitrogens is 2. The Morgan fingerprint density at radius 1 is 0.512 bits per heavy atom. The van der Waals surface area contributed by atoms with Gasteiger partial charge in [0.05, 0.1) is 59.8 Å². The molecule has 0 N–H and O–H groups in total. The molecule has 2 nitrogen and oxygen atoms in total. The van der Waals surface area contributed by atoms with Gasteiger partial charge in [0.1, 0.15) is 0 Å². The third-order valence-electron chi connectivity index (χ3n) is 9.95. The van der Waals surface area contributed by atoms with Crippen LogP contribution < -0.4 is 0 Å². The van der Waals surface area contributed by atoms with Gasteiger partial charge in [-0.3, -0.25) is 0 Å². The minimum atomic E-state index is -0.336. The zero-order valence-corrected chi connectivity index (χ0v) is 26.7. The maximum absolute atomic E-state index is 2.44. The standard InChI is InChI=1S/C39H50N2/c1-9-40(5,6)25-23-31-13-17-33(18-14-31)39(34-19-15-32(16-20-34)24-26-41(7,8)10-2)37-27-29(3)11-21-35(37)36-22-12-30(4)28-38(36)39/h11-22,27-28H,9-10,23-26H2,1-8H3/q+2. The van der Waals surface area contributed by atoms with E-state index in [0.29, 0.717) is 0 Å². The summed E-state index contributed by atoms with van der Waals surface area (Å²) in [6.07, 6.45) is 2.20. The van der Waals surface area contributed by atoms with Crippen LogP contribution in [0, 0.1) is 13.8 Å². The minimum absolute atomic E-state index is 0.336. The maximum atomic E-state index is 2.44. The van der Waals surface area contributed by atoms with E-state index in [-0.39, 0.29) is 5.41 Å². The van der Waals surface area contributed by atoms with E-state index < -0.39 is 0 Å². The van der Waals surface area contributed by atoms with Gasteiger partial charge in [-0.2, -0.15) is 0 Å². The number of nitrogens with zero attached hydrogens (tertiary/aromatic N) is 2. The molecule has 0 saturated carbocycles. The molecule has 5 rings (SSSR count). The number of benzene rings is 4. The van der Waals surface area contributed by atoms with Gasteiger partial charge in [-0.15, -0.1) is 0 Å². The molecule has 4 aromatic rings. The number of fused-ring (bicyclic) bond motifs is 3. The fraction of sp³-hybridized carbons (Fsp3) is 0.385. The van der Waals surface area contributed by atoms with E-state index >= 15 is 0 Å². The second-order valence-corrected chi connectivity index (χ2v) is 13.7. The topological polar surface area (TPSA) is 0 Å². The van der Waals surface area contributed by atoms with E-state index in [4.69, 9.17) is 0 Å². The lowest BCUT2D eigenvalue weighted by molar-refractivity contribution is -0.888. The molecular weight excluding hydrogens is 496 g/mol. The number of hydrogen-bond acceptors (Lipinski definition) is 0. The van der Waals surface area contributed by atoms with E-state index in [2.05, 4.69) is 141 Å². The van der Waals surface area contributed by atoms with Crippen molar-refractivity contribution in [3.63, 3.8) is 0 Å². The molecule has 0 aromatic heterocycles. The van der Waals surface area contributed by atoms with E-state index in [1.807, 2.05) is 0 Å². The summed E-state index contributed by atoms with van der Waals surface area (Å²) in [5, 5.41) is 0. The van der Waals surface area contributed by atoms with Crippen LogP contribution in [0.3, 0.4) is 0 Å². The molecule has 0 heterocycles. The van der Waals surface area contributed by atoms with Crippen LogP contribution in [-0.4, -0.2) is 63.3 Å². The average molecular weight is 547 g/mol. The van der Waals surface area contributed by atoms with Crippen molar-refractivity contribution in [3.8, 4) is 11.1 Å². The molecule has 4 aromatic carbocycles. The van der Waals surface area contributed by atoms with Crippen LogP contribution in [0.2, 0.25) is 0 Å². The number of aryl methyl sites for hydroxylation is 2. The highest BCUT2D eigenvalue weighted by Crippen LogP contribution is 2.56. The molecule has 0 aliphatic heterocycles. The summed E-state index contributed by atoms with van der Waals surface area (Å²) in [6.45, 7) is 13.6. The van der Waals surface area contributed by atoms with Gasteiger partial charge in [0.15, 0.2) is 0 Å². The Labute approximate surface area is 249 Å². The third-order valence-corrected chi connectivity index (χ3v) is 9.95. The first-order valence-electron chi connectivity index (χ1n) is 15.5. The van der Waals surface area contributed by atoms with Gasteiger partial charge in [-0.1, -0.05) is 96.1 Å². The molecule has 214 valence electrons. The first kappa shape index (κ1) is 29.3. The van der Waals surface area contributed by atoms with Crippen molar-refractivity contribution >= 4 is 0 Å². The van der Waals surface area contributed by atoms with Crippen molar-refractivity contribution in [3.05, 3.63) is 129 Å². The normalized spacial score (nSPS) is 14.1. The summed E-state index contributed by atoms with van der Waals surface area (Å²) in [4.78, 5) is 0. The Morgan fingerprint density at radius 2 is 0.878 bits per heavy atom. The Bertz CT molecular complexity index is 1390. The number of hydrogen-bond donors (Lipinski definition) is 0. The number of rotatable bonds is 10. The summed E-state index contributed by atoms with van der Waals surface area (Å²) in [6, 6.07) is 33.3. The Balaban J connectivity index is 1.65. The predicted molar refractivity (Wildman–Crippen MR) is 176 cm³/mol. The smallest absolute Gasteiger partial charge is 0.0823 e. The van der Waals surface area contributed by atoms with Gasteiger partial charge in [0, 0.05) is 12.8 Å². The van der Waals surface area contributed by atoms with E-state index in [0.717, 1.165) is 48.0 Å². The quantitative estimate of drug-likeness (QED) is 0.156. The Morgan fingerprint density at radius 3 is 1.22 bits per heavy atom. The van der Waals surface area contributed by atoms with Crippen LogP contribution in [-0.2, 0) is 18.3 Å². The van der Waals surface area contributed by atoms with Crippen molar-refractivity contribution in [1.82, 2.24) is 0 Å². The summed E-state index contributed by atoms with van der Waals surface area (Å²) in [7, 11) is 9.30. The van der Waals surface area contributed by atoms with Gasteiger partial charge in [0.2, 0.25) is 0 Å². The fourth-order valence-corrected chi connectivity index (χ4v) is 6.36. The first-order chi connectivity index (χ1) is 19.5. The van der Waals surface area contributed by atoms with Gasteiger partial charge >= 0.3 is 0 Å². The fourth-order valence-electron chi connectivity index (χ4n) is 6.36. The lowest BCUT2D eigenvalue weighted by Crippen LogP contribution is -2.40. The van der Waals surface area contributed by atoms with Crippen LogP contribution in [0.15, 0.2) is 84.9 Å². The van der Waals surface area contributed by atoms with Crippen LogP contribution in [0.1, 0.15) is 58.4 Å². The molecule has 0 bridgehead atoms. The van der Waals surface area contributed by atoms with Crippen molar-refractivity contribution in [2.75, 3.05) is 54.4 Å². The monoisotopic (exact) mass is 546 g/mol. The van der Waals surface area contributed by atoms with Crippen molar-refractivity contribution in [1.29, 1.82) is 0 Å². The van der Waals surface area contributed by atoms with E-state index in [1.165, 1.54) is 55.6 Å². The Kier molecular flexibility index (Phi) is 8.03. The lowest BCUT2D eigenvalue weighted by atomic mass is 9.67. The second-order valence-electron chi connectivity index (χ2n) is 13.7. The van der Waals surface area contributed by atoms with Gasteiger partial charge in [0.25, 0.3) is 0 Å². The molecule has 0 unspecified atom stereocenters. The predicted octanol–water partition coefficient (Wildman–Crippen LogP) is 7.94. The van der Waals surface area contributed by atoms with Gasteiger partial charge < -0.3 is 8.97 Å². The largest absolute Gasteiger partial charge is 0.328 e. The van der Waals surface area contributed by atoms with E-state index in [1.54, 1.807) is 0 Å². The Hall–Kier alpha value is -3.20. The maximum Gasteiger partial charge on any atom is 0.0823 e. The highest BCUT2D eigenvalue weighted by molar-refractivity contribution is 5.86. The molecule has 0 spiro atoms. The zero-order valence-electron chi connectivity index (χ0n) is 26.7. The second kappa shape index (κ2) is 11.2. The van der Waals surface area contributed by atoms with Gasteiger partial charge in [-0.05, 0) is 72.2 Å². The molecule has 0 atom stereocenters. The summed E-state index contributed by atoms with van der Waals surface area (Å²) >= 11 is 0. The van der Waals surface area contributed by atoms with Crippen molar-refractivity contribution < 1.29 is 8.97 Å². The summed E-state index contributed by atoms with van der Waals surface area (Å²) in [5.41, 5.74) is 13.4. The molecule has 1 aliphatic rings. The molecule has 0 saturated heterocycles. The third kappa shape index (κ3) is 5.65. The van der Waals surface area contributed by atoms with E-state index in [9.17, 15) is 0 Å². The van der Waals surface area contributed by atoms with Crippen molar-refractivity contribution in [2.45, 2.75) is 46.0 Å². The van der Waals surface area contributed by atoms with Crippen LogP contribution in [0.5, 0.6) is 0 Å².